The van der Waals surface area contributed by atoms with E-state index in [1.165, 1.54) is 5.56 Å². The van der Waals surface area contributed by atoms with Gasteiger partial charge in [-0.25, -0.2) is 8.42 Å². The maximum atomic E-state index is 12.5. The monoisotopic (exact) mass is 408 g/mol. The molecule has 0 bridgehead atoms. The summed E-state index contributed by atoms with van der Waals surface area (Å²) in [6, 6.07) is 16.9. The fraction of sp³-hybridized carbons (Fsp3) is 0.381. The third kappa shape index (κ3) is 7.35. The molecule has 0 aliphatic rings. The summed E-state index contributed by atoms with van der Waals surface area (Å²) in [6.45, 7) is 0. The number of rotatable bonds is 11. The van der Waals surface area contributed by atoms with Crippen molar-refractivity contribution < 1.29 is 18.3 Å². The molecule has 4 nitrogen and oxygen atoms in total. The van der Waals surface area contributed by atoms with Crippen molar-refractivity contribution in [2.24, 2.45) is 0 Å². The van der Waals surface area contributed by atoms with E-state index in [4.69, 9.17) is 11.6 Å². The van der Waals surface area contributed by atoms with E-state index in [2.05, 4.69) is 0 Å². The van der Waals surface area contributed by atoms with Crippen LogP contribution >= 0.6 is 11.6 Å². The summed E-state index contributed by atoms with van der Waals surface area (Å²) in [6.07, 6.45) is 3.63. The molecule has 0 saturated heterocycles. The maximum Gasteiger partial charge on any atom is 0.321 e. The number of unbranched alkanes of at least 4 members (excludes halogenated alkanes) is 2. The van der Waals surface area contributed by atoms with Crippen LogP contribution in [-0.4, -0.2) is 30.5 Å². The van der Waals surface area contributed by atoms with Crippen molar-refractivity contribution in [1.29, 1.82) is 0 Å². The Morgan fingerprint density at radius 3 is 2.15 bits per heavy atom. The van der Waals surface area contributed by atoms with Gasteiger partial charge in [-0.2, -0.15) is 0 Å². The lowest BCUT2D eigenvalue weighted by atomic mass is 10.1. The Bertz CT molecular complexity index is 817. The van der Waals surface area contributed by atoms with Crippen molar-refractivity contribution in [2.45, 2.75) is 43.8 Å². The number of halogens is 1. The Morgan fingerprint density at radius 1 is 0.889 bits per heavy atom. The van der Waals surface area contributed by atoms with Gasteiger partial charge in [-0.05, 0) is 48.9 Å². The second kappa shape index (κ2) is 10.5. The van der Waals surface area contributed by atoms with E-state index >= 15 is 0 Å². The molecule has 2 aromatic rings. The first-order valence-electron chi connectivity index (χ1n) is 9.11. The number of hydrogen-bond acceptors (Lipinski definition) is 3. The molecule has 0 fully saturated rings. The third-order valence-corrected chi connectivity index (χ3v) is 6.90. The fourth-order valence-electron chi connectivity index (χ4n) is 2.99. The lowest BCUT2D eigenvalue weighted by Crippen LogP contribution is -2.32. The van der Waals surface area contributed by atoms with Crippen molar-refractivity contribution in [2.75, 3.05) is 5.75 Å². The number of carboxylic acid groups (broad SMARTS) is 1. The highest BCUT2D eigenvalue weighted by molar-refractivity contribution is 7.92. The van der Waals surface area contributed by atoms with Gasteiger partial charge in [0, 0.05) is 5.02 Å². The number of aliphatic carboxylic acids is 1. The Morgan fingerprint density at radius 2 is 1.52 bits per heavy atom. The average molecular weight is 409 g/mol. The van der Waals surface area contributed by atoms with Crippen LogP contribution in [0.2, 0.25) is 5.02 Å². The van der Waals surface area contributed by atoms with Crippen LogP contribution in [0.4, 0.5) is 0 Å². The van der Waals surface area contributed by atoms with Crippen LogP contribution in [0.5, 0.6) is 0 Å². The van der Waals surface area contributed by atoms with Crippen molar-refractivity contribution >= 4 is 27.4 Å². The standard InChI is InChI=1S/C21H25ClO4S/c22-19-13-11-18(12-14-19)9-5-2-6-10-20(21(23)24)27(25,26)16-15-17-7-3-1-4-8-17/h1,3-4,7-8,11-14,20H,2,5-6,9-10,15-16H2,(H,23,24). The number of benzene rings is 2. The second-order valence-electron chi connectivity index (χ2n) is 6.66. The topological polar surface area (TPSA) is 71.4 Å². The molecule has 6 heteroatoms. The molecule has 2 aromatic carbocycles. The maximum absolute atomic E-state index is 12.5. The molecular formula is C21H25ClO4S. The molecule has 1 atom stereocenters. The minimum atomic E-state index is -3.68. The molecule has 0 spiro atoms. The highest BCUT2D eigenvalue weighted by atomic mass is 35.5. The number of hydrogen-bond donors (Lipinski definition) is 1. The van der Waals surface area contributed by atoms with E-state index in [0.717, 1.165) is 24.8 Å². The van der Waals surface area contributed by atoms with Gasteiger partial charge in [0.25, 0.3) is 0 Å². The van der Waals surface area contributed by atoms with E-state index in [-0.39, 0.29) is 12.2 Å². The van der Waals surface area contributed by atoms with Gasteiger partial charge in [0.1, 0.15) is 0 Å². The first-order valence-corrected chi connectivity index (χ1v) is 11.2. The van der Waals surface area contributed by atoms with Gasteiger partial charge >= 0.3 is 5.97 Å². The number of carboxylic acids is 1. The molecule has 0 heterocycles. The van der Waals surface area contributed by atoms with Crippen molar-refractivity contribution in [1.82, 2.24) is 0 Å². The minimum Gasteiger partial charge on any atom is -0.480 e. The average Bonchev–Trinajstić information content (AvgIpc) is 2.65. The predicted molar refractivity (Wildman–Crippen MR) is 109 cm³/mol. The van der Waals surface area contributed by atoms with Crippen LogP contribution < -0.4 is 0 Å². The Labute approximate surface area is 166 Å². The van der Waals surface area contributed by atoms with Gasteiger partial charge in [-0.15, -0.1) is 0 Å². The first-order chi connectivity index (χ1) is 12.9. The highest BCUT2D eigenvalue weighted by Crippen LogP contribution is 2.17. The van der Waals surface area contributed by atoms with E-state index in [9.17, 15) is 18.3 Å². The SMILES string of the molecule is O=C(O)C(CCCCCc1ccc(Cl)cc1)S(=O)(=O)CCc1ccccc1. The summed E-state index contributed by atoms with van der Waals surface area (Å²) in [5.74, 6) is -1.39. The summed E-state index contributed by atoms with van der Waals surface area (Å²) < 4.78 is 24.9. The summed E-state index contributed by atoms with van der Waals surface area (Å²) in [7, 11) is -3.68. The molecule has 0 aliphatic carbocycles. The van der Waals surface area contributed by atoms with Crippen LogP contribution in [0.3, 0.4) is 0 Å². The molecule has 0 aromatic heterocycles. The van der Waals surface area contributed by atoms with Gasteiger partial charge in [0.2, 0.25) is 0 Å². The normalized spacial score (nSPS) is 12.6. The zero-order chi connectivity index (χ0) is 19.7. The zero-order valence-electron chi connectivity index (χ0n) is 15.2. The summed E-state index contributed by atoms with van der Waals surface area (Å²) in [5, 5.41) is 8.75. The van der Waals surface area contributed by atoms with Gasteiger partial charge in [-0.3, -0.25) is 4.79 Å². The Balaban J connectivity index is 1.79. The number of sulfone groups is 1. The summed E-state index contributed by atoms with van der Waals surface area (Å²) >= 11 is 5.85. The largest absolute Gasteiger partial charge is 0.480 e. The second-order valence-corrected chi connectivity index (χ2v) is 9.39. The Hall–Kier alpha value is -1.85. The molecule has 27 heavy (non-hydrogen) atoms. The molecule has 1 N–H and O–H groups in total. The molecule has 0 amide bonds. The van der Waals surface area contributed by atoms with E-state index in [0.29, 0.717) is 17.9 Å². The van der Waals surface area contributed by atoms with Gasteiger partial charge in [0.15, 0.2) is 15.1 Å². The lowest BCUT2D eigenvalue weighted by molar-refractivity contribution is -0.136. The van der Waals surface area contributed by atoms with E-state index in [1.54, 1.807) is 0 Å². The quantitative estimate of drug-likeness (QED) is 0.553. The summed E-state index contributed by atoms with van der Waals surface area (Å²) in [5.41, 5.74) is 2.07. The zero-order valence-corrected chi connectivity index (χ0v) is 16.8. The Kier molecular flexibility index (Phi) is 8.32. The van der Waals surface area contributed by atoms with Crippen molar-refractivity contribution in [3.63, 3.8) is 0 Å². The molecule has 1 unspecified atom stereocenters. The molecule has 0 saturated carbocycles. The molecule has 0 aliphatic heterocycles. The van der Waals surface area contributed by atoms with Crippen molar-refractivity contribution in [3.05, 3.63) is 70.7 Å². The smallest absolute Gasteiger partial charge is 0.321 e. The third-order valence-electron chi connectivity index (χ3n) is 4.57. The van der Waals surface area contributed by atoms with Crippen molar-refractivity contribution in [3.8, 4) is 0 Å². The molecule has 146 valence electrons. The van der Waals surface area contributed by atoms with Crippen LogP contribution in [0.25, 0.3) is 0 Å². The minimum absolute atomic E-state index is 0.140. The first kappa shape index (κ1) is 21.5. The molecule has 0 radical (unpaired) electrons. The van der Waals surface area contributed by atoms with Crippen LogP contribution in [0.1, 0.15) is 36.8 Å². The number of carbonyl (C=O) groups is 1. The van der Waals surface area contributed by atoms with E-state index < -0.39 is 21.1 Å². The van der Waals surface area contributed by atoms with E-state index in [1.807, 2.05) is 54.6 Å². The van der Waals surface area contributed by atoms with Gasteiger partial charge in [0.05, 0.1) is 5.75 Å². The predicted octanol–water partition coefficient (Wildman–Crippen LogP) is 4.55. The van der Waals surface area contributed by atoms with Gasteiger partial charge in [-0.1, -0.05) is 66.9 Å². The fourth-order valence-corrected chi connectivity index (χ4v) is 4.75. The highest BCUT2D eigenvalue weighted by Gasteiger charge is 2.31. The lowest BCUT2D eigenvalue weighted by Gasteiger charge is -2.13. The van der Waals surface area contributed by atoms with Crippen LogP contribution in [0.15, 0.2) is 54.6 Å². The molecular weight excluding hydrogens is 384 g/mol. The van der Waals surface area contributed by atoms with Crippen LogP contribution in [0, 0.1) is 0 Å². The van der Waals surface area contributed by atoms with Crippen LogP contribution in [-0.2, 0) is 27.5 Å². The number of aryl methyl sites for hydroxylation is 2. The summed E-state index contributed by atoms with van der Waals surface area (Å²) in [4.78, 5) is 11.5. The molecule has 2 rings (SSSR count). The van der Waals surface area contributed by atoms with Gasteiger partial charge < -0.3 is 5.11 Å².